The van der Waals surface area contributed by atoms with Crippen LogP contribution in [0.15, 0.2) is 42.7 Å². The quantitative estimate of drug-likeness (QED) is 0.657. The van der Waals surface area contributed by atoms with Gasteiger partial charge in [-0.3, -0.25) is 0 Å². The highest BCUT2D eigenvalue weighted by molar-refractivity contribution is 6.29. The molecule has 24 heavy (non-hydrogen) atoms. The molecule has 0 radical (unpaired) electrons. The van der Waals surface area contributed by atoms with Crippen molar-refractivity contribution in [3.63, 3.8) is 0 Å². The van der Waals surface area contributed by atoms with Gasteiger partial charge in [0.25, 0.3) is 0 Å². The van der Waals surface area contributed by atoms with Crippen molar-refractivity contribution in [2.75, 3.05) is 0 Å². The van der Waals surface area contributed by atoms with E-state index in [2.05, 4.69) is 19.6 Å². The minimum Gasteiger partial charge on any atom is -0.395 e. The highest BCUT2D eigenvalue weighted by atomic mass is 35.5. The fourth-order valence-corrected chi connectivity index (χ4v) is 2.70. The number of benzene rings is 1. The first kappa shape index (κ1) is 15.1. The standard InChI is InChI=1S/C9H8ClN3.C7H4F2O2/c10-8-5-7(6-1-2-6)9-11-3-4-13(9)12-8;8-7(9)10-5-3-1-2-4-6(5)11-7/h3-6H,1-2H2;1-4H. The molecule has 3 heterocycles. The van der Waals surface area contributed by atoms with E-state index in [0.29, 0.717) is 11.1 Å². The van der Waals surface area contributed by atoms with Crippen molar-refractivity contribution in [3.05, 3.63) is 53.4 Å². The molecule has 1 aliphatic carbocycles. The van der Waals surface area contributed by atoms with Crippen LogP contribution in [0.5, 0.6) is 11.5 Å². The van der Waals surface area contributed by atoms with Crippen LogP contribution in [0, 0.1) is 0 Å². The molecule has 0 bridgehead atoms. The molecule has 1 aromatic carbocycles. The number of hydrogen-bond donors (Lipinski definition) is 0. The second kappa shape index (κ2) is 5.59. The van der Waals surface area contributed by atoms with Crippen LogP contribution in [-0.2, 0) is 0 Å². The topological polar surface area (TPSA) is 48.7 Å². The number of nitrogens with zero attached hydrogens (tertiary/aromatic N) is 3. The van der Waals surface area contributed by atoms with Crippen LogP contribution in [0.25, 0.3) is 5.65 Å². The van der Waals surface area contributed by atoms with E-state index in [1.807, 2.05) is 12.3 Å². The van der Waals surface area contributed by atoms with Gasteiger partial charge >= 0.3 is 6.29 Å². The molecule has 0 atom stereocenters. The molecule has 0 N–H and O–H groups in total. The molecule has 3 aromatic rings. The van der Waals surface area contributed by atoms with E-state index in [0.717, 1.165) is 5.65 Å². The zero-order valence-electron chi connectivity index (χ0n) is 12.3. The summed E-state index contributed by atoms with van der Waals surface area (Å²) in [7, 11) is 0. The van der Waals surface area contributed by atoms with Gasteiger partial charge in [0.2, 0.25) is 0 Å². The lowest BCUT2D eigenvalue weighted by molar-refractivity contribution is -0.286. The summed E-state index contributed by atoms with van der Waals surface area (Å²) < 4.78 is 34.6. The second-order valence-corrected chi connectivity index (χ2v) is 5.89. The van der Waals surface area contributed by atoms with Crippen LogP contribution in [0.3, 0.4) is 0 Å². The van der Waals surface area contributed by atoms with Gasteiger partial charge in [-0.2, -0.15) is 5.10 Å². The Morgan fingerprint density at radius 1 is 1.17 bits per heavy atom. The van der Waals surface area contributed by atoms with Crippen LogP contribution < -0.4 is 9.47 Å². The van der Waals surface area contributed by atoms with E-state index < -0.39 is 6.29 Å². The third-order valence-corrected chi connectivity index (χ3v) is 3.87. The third kappa shape index (κ3) is 2.99. The fraction of sp³-hybridized carbons (Fsp3) is 0.250. The molecule has 1 fully saturated rings. The van der Waals surface area contributed by atoms with Crippen LogP contribution in [0.4, 0.5) is 8.78 Å². The number of aromatic nitrogens is 3. The molecule has 8 heteroatoms. The van der Waals surface area contributed by atoms with Crippen LogP contribution >= 0.6 is 11.6 Å². The molecule has 0 saturated heterocycles. The highest BCUT2D eigenvalue weighted by Crippen LogP contribution is 2.42. The minimum atomic E-state index is -3.50. The normalized spacial score (nSPS) is 17.5. The van der Waals surface area contributed by atoms with E-state index in [1.165, 1.54) is 30.5 Å². The number of alkyl halides is 2. The number of fused-ring (bicyclic) bond motifs is 2. The number of imidazole rings is 1. The molecule has 0 unspecified atom stereocenters. The molecule has 0 spiro atoms. The largest absolute Gasteiger partial charge is 0.586 e. The maximum Gasteiger partial charge on any atom is 0.586 e. The predicted molar refractivity (Wildman–Crippen MR) is 82.6 cm³/mol. The Hall–Kier alpha value is -2.41. The van der Waals surface area contributed by atoms with Crippen LogP contribution in [0.2, 0.25) is 5.15 Å². The van der Waals surface area contributed by atoms with Gasteiger partial charge in [0, 0.05) is 18.0 Å². The first-order chi connectivity index (χ1) is 11.5. The van der Waals surface area contributed by atoms with Crippen molar-refractivity contribution in [2.45, 2.75) is 25.1 Å². The number of rotatable bonds is 1. The first-order valence-corrected chi connectivity index (χ1v) is 7.74. The van der Waals surface area contributed by atoms with Crippen LogP contribution in [0.1, 0.15) is 24.3 Å². The van der Waals surface area contributed by atoms with Crippen molar-refractivity contribution in [2.24, 2.45) is 0 Å². The molecule has 5 nitrogen and oxygen atoms in total. The van der Waals surface area contributed by atoms with Gasteiger partial charge in [-0.05, 0) is 37.0 Å². The van der Waals surface area contributed by atoms with Gasteiger partial charge in [-0.15, -0.1) is 8.78 Å². The zero-order valence-corrected chi connectivity index (χ0v) is 13.1. The zero-order chi connectivity index (χ0) is 16.7. The Labute approximate surface area is 140 Å². The molecular weight excluding hydrogens is 340 g/mol. The van der Waals surface area contributed by atoms with Gasteiger partial charge < -0.3 is 9.47 Å². The number of ether oxygens (including phenoxy) is 2. The van der Waals surface area contributed by atoms with Crippen molar-refractivity contribution >= 4 is 17.2 Å². The van der Waals surface area contributed by atoms with E-state index >= 15 is 0 Å². The second-order valence-electron chi connectivity index (χ2n) is 5.51. The molecule has 1 saturated carbocycles. The molecule has 2 aromatic heterocycles. The fourth-order valence-electron chi connectivity index (χ4n) is 2.50. The van der Waals surface area contributed by atoms with Gasteiger partial charge in [0.15, 0.2) is 17.1 Å². The average Bonchev–Trinajstić information content (AvgIpc) is 3.18. The lowest BCUT2D eigenvalue weighted by atomic mass is 10.2. The molecule has 0 amide bonds. The first-order valence-electron chi connectivity index (χ1n) is 7.36. The summed E-state index contributed by atoms with van der Waals surface area (Å²) in [6.07, 6.45) is 2.59. The maximum atomic E-state index is 12.3. The summed E-state index contributed by atoms with van der Waals surface area (Å²) >= 11 is 5.89. The summed E-state index contributed by atoms with van der Waals surface area (Å²) in [5.74, 6) is 0.820. The van der Waals surface area contributed by atoms with Gasteiger partial charge in [0.05, 0.1) is 0 Å². The van der Waals surface area contributed by atoms with Gasteiger partial charge in [0.1, 0.15) is 5.15 Å². The maximum absolute atomic E-state index is 12.3. The van der Waals surface area contributed by atoms with Crippen molar-refractivity contribution in [3.8, 4) is 11.5 Å². The lowest BCUT2D eigenvalue weighted by Gasteiger charge is -2.04. The Morgan fingerprint density at radius 3 is 2.46 bits per heavy atom. The third-order valence-electron chi connectivity index (χ3n) is 3.68. The van der Waals surface area contributed by atoms with E-state index in [1.54, 1.807) is 22.8 Å². The number of halogens is 3. The summed E-state index contributed by atoms with van der Waals surface area (Å²) in [4.78, 5) is 4.26. The summed E-state index contributed by atoms with van der Waals surface area (Å²) in [5, 5.41) is 4.67. The van der Waals surface area contributed by atoms with E-state index in [4.69, 9.17) is 11.6 Å². The Morgan fingerprint density at radius 2 is 1.83 bits per heavy atom. The lowest BCUT2D eigenvalue weighted by Crippen LogP contribution is -2.25. The summed E-state index contributed by atoms with van der Waals surface area (Å²) in [5.41, 5.74) is 2.19. The SMILES string of the molecule is Clc1cc(C2CC2)c2nccn2n1.FC1(F)Oc2ccccc2O1. The molecular formula is C16H12ClF2N3O2. The van der Waals surface area contributed by atoms with Crippen molar-refractivity contribution < 1.29 is 18.3 Å². The van der Waals surface area contributed by atoms with Crippen molar-refractivity contribution in [1.29, 1.82) is 0 Å². The summed E-state index contributed by atoms with van der Waals surface area (Å²) in [6, 6.07) is 7.99. The molecule has 5 rings (SSSR count). The van der Waals surface area contributed by atoms with Gasteiger partial charge in [-0.25, -0.2) is 9.50 Å². The van der Waals surface area contributed by atoms with Crippen molar-refractivity contribution in [1.82, 2.24) is 14.6 Å². The monoisotopic (exact) mass is 351 g/mol. The Kier molecular flexibility index (Phi) is 3.53. The molecule has 1 aliphatic heterocycles. The number of para-hydroxylation sites is 2. The highest BCUT2D eigenvalue weighted by Gasteiger charge is 2.42. The minimum absolute atomic E-state index is 0.0810. The number of hydrogen-bond acceptors (Lipinski definition) is 4. The predicted octanol–water partition coefficient (Wildman–Crippen LogP) is 4.27. The molecule has 2 aliphatic rings. The van der Waals surface area contributed by atoms with E-state index in [-0.39, 0.29) is 11.5 Å². The smallest absolute Gasteiger partial charge is 0.395 e. The Bertz CT molecular complexity index is 869. The van der Waals surface area contributed by atoms with E-state index in [9.17, 15) is 8.78 Å². The Balaban J connectivity index is 0.000000123. The molecule has 124 valence electrons. The van der Waals surface area contributed by atoms with Crippen LogP contribution in [-0.4, -0.2) is 20.9 Å². The van der Waals surface area contributed by atoms with Gasteiger partial charge in [-0.1, -0.05) is 23.7 Å². The summed E-state index contributed by atoms with van der Waals surface area (Å²) in [6.45, 7) is 0. The average molecular weight is 352 g/mol.